The van der Waals surface area contributed by atoms with Gasteiger partial charge in [0, 0.05) is 51.9 Å². The summed E-state index contributed by atoms with van der Waals surface area (Å²) in [4.78, 5) is 21.7. The molecule has 1 aliphatic heterocycles. The highest BCUT2D eigenvalue weighted by Gasteiger charge is 2.22. The van der Waals surface area contributed by atoms with E-state index in [1.807, 2.05) is 12.1 Å². The van der Waals surface area contributed by atoms with Crippen LogP contribution in [0.2, 0.25) is 0 Å². The first-order valence-corrected chi connectivity index (χ1v) is 14.5. The van der Waals surface area contributed by atoms with Gasteiger partial charge in [0.05, 0.1) is 15.3 Å². The van der Waals surface area contributed by atoms with Crippen molar-refractivity contribution in [1.82, 2.24) is 15.2 Å². The average Bonchev–Trinajstić information content (AvgIpc) is 3.39. The molecule has 0 bridgehead atoms. The van der Waals surface area contributed by atoms with Gasteiger partial charge in [-0.2, -0.15) is 0 Å². The first-order chi connectivity index (χ1) is 18.3. The maximum atomic E-state index is 14.0. The lowest BCUT2D eigenvalue weighted by molar-refractivity contribution is 0.0947. The number of amides is 1. The Morgan fingerprint density at radius 2 is 1.69 bits per heavy atom. The summed E-state index contributed by atoms with van der Waals surface area (Å²) in [6, 6.07) is 19.8. The minimum atomic E-state index is -3.73. The third-order valence-electron chi connectivity index (χ3n) is 6.61. The number of fused-ring (bicyclic) bond motifs is 1. The summed E-state index contributed by atoms with van der Waals surface area (Å²) >= 11 is 1.50. The van der Waals surface area contributed by atoms with E-state index in [9.17, 15) is 17.6 Å². The smallest absolute Gasteiger partial charge is 0.264 e. The van der Waals surface area contributed by atoms with Crippen molar-refractivity contribution in [2.75, 3.05) is 55.5 Å². The molecule has 0 saturated carbocycles. The molecule has 0 unspecified atom stereocenters. The van der Waals surface area contributed by atoms with Crippen LogP contribution in [0.15, 0.2) is 77.7 Å². The summed E-state index contributed by atoms with van der Waals surface area (Å²) in [6.07, 6.45) is 0. The van der Waals surface area contributed by atoms with Crippen molar-refractivity contribution >= 4 is 60.7 Å². The number of thiazole rings is 1. The first kappa shape index (κ1) is 28.8. The van der Waals surface area contributed by atoms with E-state index in [1.165, 1.54) is 53.0 Å². The molecule has 3 aromatic carbocycles. The fraction of sp³-hybridized carbons (Fsp3) is 0.259. The molecule has 5 rings (SSSR count). The van der Waals surface area contributed by atoms with Gasteiger partial charge < -0.3 is 10.2 Å². The molecule has 2 heterocycles. The zero-order valence-corrected chi connectivity index (χ0v) is 23.7. The van der Waals surface area contributed by atoms with Crippen LogP contribution in [0.1, 0.15) is 10.4 Å². The normalized spacial score (nSPS) is 14.2. The molecule has 1 fully saturated rings. The molecule has 1 amide bonds. The van der Waals surface area contributed by atoms with Gasteiger partial charge in [0.15, 0.2) is 5.13 Å². The van der Waals surface area contributed by atoms with E-state index in [1.54, 1.807) is 30.3 Å². The van der Waals surface area contributed by atoms with Crippen molar-refractivity contribution in [3.63, 3.8) is 0 Å². The molecule has 4 aromatic rings. The molecule has 1 N–H and O–H groups in total. The number of piperazine rings is 1. The number of anilines is 2. The summed E-state index contributed by atoms with van der Waals surface area (Å²) in [5.41, 5.74) is 1.38. The third kappa shape index (κ3) is 6.33. The van der Waals surface area contributed by atoms with Crippen LogP contribution in [0.25, 0.3) is 10.2 Å². The number of sulfonamides is 1. The van der Waals surface area contributed by atoms with E-state index in [0.717, 1.165) is 36.0 Å². The van der Waals surface area contributed by atoms with Crippen molar-refractivity contribution in [2.24, 2.45) is 0 Å². The van der Waals surface area contributed by atoms with E-state index in [4.69, 9.17) is 0 Å². The van der Waals surface area contributed by atoms with Crippen LogP contribution in [0.5, 0.6) is 0 Å². The number of benzene rings is 3. The summed E-state index contributed by atoms with van der Waals surface area (Å²) in [5, 5.41) is 3.75. The van der Waals surface area contributed by atoms with Gasteiger partial charge in [-0.15, -0.1) is 12.4 Å². The standard InChI is InChI=1S/C27H28FN5O3S2.ClH/c1-31(21-6-3-2-4-7-21)38(35,36)22-12-10-20(11-13-22)26(34)29-14-15-32-16-18-33(19-17-32)27-30-25-23(28)8-5-9-24(25)37-27;/h2-13H,14-19H2,1H3,(H,29,34);1H. The number of aromatic nitrogens is 1. The molecule has 0 aliphatic carbocycles. The van der Waals surface area contributed by atoms with Gasteiger partial charge in [-0.05, 0) is 48.5 Å². The van der Waals surface area contributed by atoms with Gasteiger partial charge in [-0.3, -0.25) is 14.0 Å². The summed E-state index contributed by atoms with van der Waals surface area (Å²) in [7, 11) is -2.23. The molecule has 0 atom stereocenters. The molecule has 0 spiro atoms. The maximum Gasteiger partial charge on any atom is 0.264 e. The molecule has 8 nitrogen and oxygen atoms in total. The molecule has 1 aromatic heterocycles. The van der Waals surface area contributed by atoms with E-state index in [0.29, 0.717) is 29.9 Å². The number of hydrogen-bond donors (Lipinski definition) is 1. The van der Waals surface area contributed by atoms with Crippen LogP contribution in [0, 0.1) is 5.82 Å². The second-order valence-corrected chi connectivity index (χ2v) is 12.0. The molecule has 206 valence electrons. The van der Waals surface area contributed by atoms with Crippen LogP contribution in [0.3, 0.4) is 0 Å². The van der Waals surface area contributed by atoms with E-state index in [2.05, 4.69) is 20.1 Å². The van der Waals surface area contributed by atoms with E-state index >= 15 is 0 Å². The predicted octanol–water partition coefficient (Wildman–Crippen LogP) is 4.23. The van der Waals surface area contributed by atoms with Gasteiger partial charge in [0.2, 0.25) is 0 Å². The Morgan fingerprint density at radius 1 is 1.00 bits per heavy atom. The van der Waals surface area contributed by atoms with Gasteiger partial charge >= 0.3 is 0 Å². The fourth-order valence-electron chi connectivity index (χ4n) is 4.34. The van der Waals surface area contributed by atoms with Gasteiger partial charge in [-0.1, -0.05) is 35.6 Å². The molecular weight excluding hydrogens is 561 g/mol. The maximum absolute atomic E-state index is 14.0. The number of carbonyl (C=O) groups is 1. The number of rotatable bonds is 8. The topological polar surface area (TPSA) is 85.8 Å². The largest absolute Gasteiger partial charge is 0.351 e. The van der Waals surface area contributed by atoms with Gasteiger partial charge in [-0.25, -0.2) is 17.8 Å². The van der Waals surface area contributed by atoms with Crippen molar-refractivity contribution < 1.29 is 17.6 Å². The van der Waals surface area contributed by atoms with E-state index in [-0.39, 0.29) is 29.0 Å². The molecule has 12 heteroatoms. The lowest BCUT2D eigenvalue weighted by Gasteiger charge is -2.34. The van der Waals surface area contributed by atoms with Crippen LogP contribution < -0.4 is 14.5 Å². The second kappa shape index (κ2) is 12.3. The molecule has 39 heavy (non-hydrogen) atoms. The summed E-state index contributed by atoms with van der Waals surface area (Å²) in [6.45, 7) is 4.36. The van der Waals surface area contributed by atoms with Crippen LogP contribution in [-0.2, 0) is 10.0 Å². The summed E-state index contributed by atoms with van der Waals surface area (Å²) in [5.74, 6) is -0.546. The number of para-hydroxylation sites is 2. The number of halogens is 2. The zero-order chi connectivity index (χ0) is 26.7. The number of carbonyl (C=O) groups excluding carboxylic acids is 1. The monoisotopic (exact) mass is 589 g/mol. The average molecular weight is 590 g/mol. The van der Waals surface area contributed by atoms with Crippen molar-refractivity contribution in [3.8, 4) is 0 Å². The molecule has 1 aliphatic rings. The summed E-state index contributed by atoms with van der Waals surface area (Å²) < 4.78 is 41.9. The van der Waals surface area contributed by atoms with Crippen molar-refractivity contribution in [1.29, 1.82) is 0 Å². The van der Waals surface area contributed by atoms with Crippen LogP contribution in [-0.4, -0.2) is 70.5 Å². The second-order valence-electron chi connectivity index (χ2n) is 9.00. The Morgan fingerprint density at radius 3 is 2.36 bits per heavy atom. The molecular formula is C27H29ClFN5O3S2. The first-order valence-electron chi connectivity index (χ1n) is 12.3. The predicted molar refractivity (Wildman–Crippen MR) is 156 cm³/mol. The minimum absolute atomic E-state index is 0. The SMILES string of the molecule is CN(c1ccccc1)S(=O)(=O)c1ccc(C(=O)NCCN2CCN(c3nc4c(F)cccc4s3)CC2)cc1.Cl. The van der Waals surface area contributed by atoms with Crippen LogP contribution >= 0.6 is 23.7 Å². The lowest BCUT2D eigenvalue weighted by Crippen LogP contribution is -2.48. The molecule has 1 saturated heterocycles. The Labute approximate surface area is 237 Å². The van der Waals surface area contributed by atoms with E-state index < -0.39 is 10.0 Å². The number of nitrogens with zero attached hydrogens (tertiary/aromatic N) is 4. The highest BCUT2D eigenvalue weighted by atomic mass is 35.5. The molecule has 0 radical (unpaired) electrons. The Kier molecular flexibility index (Phi) is 9.06. The zero-order valence-electron chi connectivity index (χ0n) is 21.3. The lowest BCUT2D eigenvalue weighted by atomic mass is 10.2. The van der Waals surface area contributed by atoms with Crippen LogP contribution in [0.4, 0.5) is 15.2 Å². The third-order valence-corrected chi connectivity index (χ3v) is 9.49. The Bertz CT molecular complexity index is 1530. The minimum Gasteiger partial charge on any atom is -0.351 e. The fourth-order valence-corrected chi connectivity index (χ4v) is 6.57. The van der Waals surface area contributed by atoms with Crippen molar-refractivity contribution in [2.45, 2.75) is 4.90 Å². The van der Waals surface area contributed by atoms with Gasteiger partial charge in [0.25, 0.3) is 15.9 Å². The quantitative estimate of drug-likeness (QED) is 0.331. The van der Waals surface area contributed by atoms with Gasteiger partial charge in [0.1, 0.15) is 11.3 Å². The Balaban J connectivity index is 0.00000353. The van der Waals surface area contributed by atoms with Crippen molar-refractivity contribution in [3.05, 3.63) is 84.2 Å². The highest BCUT2D eigenvalue weighted by Crippen LogP contribution is 2.30. The Hall–Kier alpha value is -3.25. The highest BCUT2D eigenvalue weighted by molar-refractivity contribution is 7.92. The number of hydrogen-bond acceptors (Lipinski definition) is 7. The number of nitrogens with one attached hydrogen (secondary N) is 1.